The summed E-state index contributed by atoms with van der Waals surface area (Å²) in [6.45, 7) is 3.94. The van der Waals surface area contributed by atoms with Gasteiger partial charge in [-0.25, -0.2) is 0 Å². The van der Waals surface area contributed by atoms with Gasteiger partial charge in [-0.05, 0) is 39.4 Å². The zero-order valence-corrected chi connectivity index (χ0v) is 11.4. The van der Waals surface area contributed by atoms with Crippen LogP contribution in [0.5, 0.6) is 5.75 Å². The van der Waals surface area contributed by atoms with Crippen LogP contribution in [0.15, 0.2) is 24.3 Å². The molecule has 100 valence electrons. The minimum absolute atomic E-state index is 0.0188. The summed E-state index contributed by atoms with van der Waals surface area (Å²) in [4.78, 5) is 2.40. The highest BCUT2D eigenvalue weighted by Gasteiger charge is 2.19. The van der Waals surface area contributed by atoms with Gasteiger partial charge in [-0.15, -0.1) is 0 Å². The first-order chi connectivity index (χ1) is 8.68. The topological polar surface area (TPSA) is 38.5 Å². The van der Waals surface area contributed by atoms with E-state index in [0.717, 1.165) is 17.9 Å². The number of hydrogen-bond donors (Lipinski definition) is 1. The van der Waals surface area contributed by atoms with Crippen molar-refractivity contribution >= 4 is 0 Å². The molecule has 0 saturated carbocycles. The van der Waals surface area contributed by atoms with Crippen molar-refractivity contribution in [2.45, 2.75) is 38.3 Å². The Morgan fingerprint density at radius 3 is 2.89 bits per heavy atom. The number of likely N-dealkylation sites (tertiary alicyclic amines) is 1. The number of para-hydroxylation sites is 1. The van der Waals surface area contributed by atoms with Gasteiger partial charge in [-0.2, -0.15) is 0 Å². The number of rotatable bonds is 4. The molecule has 0 spiro atoms. The lowest BCUT2D eigenvalue weighted by molar-refractivity contribution is 0.124. The first-order valence-electron chi connectivity index (χ1n) is 6.86. The van der Waals surface area contributed by atoms with Crippen molar-refractivity contribution in [3.63, 3.8) is 0 Å². The maximum Gasteiger partial charge on any atom is 0.124 e. The van der Waals surface area contributed by atoms with Crippen LogP contribution < -0.4 is 10.5 Å². The molecule has 2 N–H and O–H groups in total. The SMILES string of the molecule is C[C@H](N)c1ccccc1OCC1CCCCN1C. The van der Waals surface area contributed by atoms with E-state index in [1.54, 1.807) is 0 Å². The quantitative estimate of drug-likeness (QED) is 0.890. The normalized spacial score (nSPS) is 22.7. The Labute approximate surface area is 110 Å². The molecule has 2 rings (SSSR count). The number of benzene rings is 1. The summed E-state index contributed by atoms with van der Waals surface area (Å²) >= 11 is 0. The summed E-state index contributed by atoms with van der Waals surface area (Å²) in [6.07, 6.45) is 3.85. The molecule has 1 heterocycles. The molecule has 0 aliphatic carbocycles. The molecule has 1 saturated heterocycles. The van der Waals surface area contributed by atoms with Crippen LogP contribution in [-0.2, 0) is 0 Å². The molecule has 3 heteroatoms. The maximum atomic E-state index is 5.99. The predicted octanol–water partition coefficient (Wildman–Crippen LogP) is 2.57. The molecule has 1 aromatic carbocycles. The third-order valence-electron chi connectivity index (χ3n) is 3.76. The Hall–Kier alpha value is -1.06. The fourth-order valence-corrected chi connectivity index (χ4v) is 2.53. The van der Waals surface area contributed by atoms with E-state index in [0.29, 0.717) is 6.04 Å². The number of nitrogens with zero attached hydrogens (tertiary/aromatic N) is 1. The summed E-state index contributed by atoms with van der Waals surface area (Å²) in [6, 6.07) is 8.64. The molecule has 1 aliphatic rings. The summed E-state index contributed by atoms with van der Waals surface area (Å²) in [5, 5.41) is 0. The Morgan fingerprint density at radius 1 is 1.39 bits per heavy atom. The van der Waals surface area contributed by atoms with Gasteiger partial charge in [-0.3, -0.25) is 0 Å². The van der Waals surface area contributed by atoms with E-state index < -0.39 is 0 Å². The second-order valence-electron chi connectivity index (χ2n) is 5.27. The second-order valence-corrected chi connectivity index (χ2v) is 5.27. The van der Waals surface area contributed by atoms with E-state index in [4.69, 9.17) is 10.5 Å². The summed E-state index contributed by atoms with van der Waals surface area (Å²) in [7, 11) is 2.19. The number of piperidine rings is 1. The average molecular weight is 248 g/mol. The average Bonchev–Trinajstić information content (AvgIpc) is 2.38. The van der Waals surface area contributed by atoms with Crippen LogP contribution in [-0.4, -0.2) is 31.1 Å². The lowest BCUT2D eigenvalue weighted by Gasteiger charge is -2.32. The summed E-state index contributed by atoms with van der Waals surface area (Å²) in [5.41, 5.74) is 7.05. The minimum Gasteiger partial charge on any atom is -0.492 e. The van der Waals surface area contributed by atoms with E-state index in [-0.39, 0.29) is 6.04 Å². The van der Waals surface area contributed by atoms with Gasteiger partial charge in [0.25, 0.3) is 0 Å². The van der Waals surface area contributed by atoms with Gasteiger partial charge in [0, 0.05) is 17.6 Å². The van der Waals surface area contributed by atoms with Crippen molar-refractivity contribution < 1.29 is 4.74 Å². The van der Waals surface area contributed by atoms with Gasteiger partial charge in [0.05, 0.1) is 0 Å². The van der Waals surface area contributed by atoms with E-state index in [1.165, 1.54) is 25.8 Å². The molecular weight excluding hydrogens is 224 g/mol. The highest BCUT2D eigenvalue weighted by atomic mass is 16.5. The molecule has 1 aliphatic heterocycles. The summed E-state index contributed by atoms with van der Waals surface area (Å²) < 4.78 is 5.99. The number of likely N-dealkylation sites (N-methyl/N-ethyl adjacent to an activating group) is 1. The van der Waals surface area contributed by atoms with Crippen LogP contribution in [0.4, 0.5) is 0 Å². The van der Waals surface area contributed by atoms with Gasteiger partial charge in [0.1, 0.15) is 12.4 Å². The van der Waals surface area contributed by atoms with Crippen molar-refractivity contribution in [2.75, 3.05) is 20.2 Å². The Kier molecular flexibility index (Phi) is 4.61. The monoisotopic (exact) mass is 248 g/mol. The second kappa shape index (κ2) is 6.21. The number of hydrogen-bond acceptors (Lipinski definition) is 3. The zero-order valence-electron chi connectivity index (χ0n) is 11.4. The Bertz CT molecular complexity index is 379. The molecule has 0 bridgehead atoms. The molecule has 1 aromatic rings. The maximum absolute atomic E-state index is 5.99. The van der Waals surface area contributed by atoms with Crippen molar-refractivity contribution in [1.29, 1.82) is 0 Å². The molecule has 0 aromatic heterocycles. The molecule has 1 fully saturated rings. The van der Waals surface area contributed by atoms with Gasteiger partial charge >= 0.3 is 0 Å². The van der Waals surface area contributed by atoms with Crippen LogP contribution in [0, 0.1) is 0 Å². The highest BCUT2D eigenvalue weighted by molar-refractivity contribution is 5.35. The highest BCUT2D eigenvalue weighted by Crippen LogP contribution is 2.24. The fourth-order valence-electron chi connectivity index (χ4n) is 2.53. The lowest BCUT2D eigenvalue weighted by atomic mass is 10.0. The third kappa shape index (κ3) is 3.24. The van der Waals surface area contributed by atoms with E-state index in [1.807, 2.05) is 31.2 Å². The van der Waals surface area contributed by atoms with Crippen LogP contribution in [0.3, 0.4) is 0 Å². The standard InChI is InChI=1S/C15H24N2O/c1-12(16)14-8-3-4-9-15(14)18-11-13-7-5-6-10-17(13)2/h3-4,8-9,12-13H,5-7,10-11,16H2,1-2H3/t12-,13?/m0/s1. The van der Waals surface area contributed by atoms with Crippen molar-refractivity contribution in [3.8, 4) is 5.75 Å². The van der Waals surface area contributed by atoms with Crippen molar-refractivity contribution in [1.82, 2.24) is 4.90 Å². The van der Waals surface area contributed by atoms with Gasteiger partial charge in [0.2, 0.25) is 0 Å². The van der Waals surface area contributed by atoms with Crippen LogP contribution in [0.1, 0.15) is 37.8 Å². The Morgan fingerprint density at radius 2 is 2.17 bits per heavy atom. The van der Waals surface area contributed by atoms with Gasteiger partial charge < -0.3 is 15.4 Å². The number of ether oxygens (including phenoxy) is 1. The van der Waals surface area contributed by atoms with E-state index in [9.17, 15) is 0 Å². The molecule has 0 radical (unpaired) electrons. The first-order valence-corrected chi connectivity index (χ1v) is 6.86. The minimum atomic E-state index is 0.0188. The summed E-state index contributed by atoms with van der Waals surface area (Å²) in [5.74, 6) is 0.937. The lowest BCUT2D eigenvalue weighted by Crippen LogP contribution is -2.40. The van der Waals surface area contributed by atoms with Gasteiger partial charge in [-0.1, -0.05) is 24.6 Å². The largest absolute Gasteiger partial charge is 0.492 e. The number of nitrogens with two attached hydrogens (primary N) is 1. The van der Waals surface area contributed by atoms with Crippen molar-refractivity contribution in [2.24, 2.45) is 5.73 Å². The molecule has 1 unspecified atom stereocenters. The van der Waals surface area contributed by atoms with E-state index >= 15 is 0 Å². The predicted molar refractivity (Wildman–Crippen MR) is 74.8 cm³/mol. The van der Waals surface area contributed by atoms with E-state index in [2.05, 4.69) is 11.9 Å². The molecular formula is C15H24N2O. The van der Waals surface area contributed by atoms with Crippen LogP contribution >= 0.6 is 0 Å². The first kappa shape index (κ1) is 13.4. The molecule has 0 amide bonds. The van der Waals surface area contributed by atoms with Crippen molar-refractivity contribution in [3.05, 3.63) is 29.8 Å². The fraction of sp³-hybridized carbons (Fsp3) is 0.600. The van der Waals surface area contributed by atoms with Crippen LogP contribution in [0.2, 0.25) is 0 Å². The van der Waals surface area contributed by atoms with Gasteiger partial charge in [0.15, 0.2) is 0 Å². The third-order valence-corrected chi connectivity index (χ3v) is 3.76. The molecule has 3 nitrogen and oxygen atoms in total. The molecule has 2 atom stereocenters. The smallest absolute Gasteiger partial charge is 0.124 e. The zero-order chi connectivity index (χ0) is 13.0. The van der Waals surface area contributed by atoms with Crippen LogP contribution in [0.25, 0.3) is 0 Å². The molecule has 18 heavy (non-hydrogen) atoms. The Balaban J connectivity index is 1.97.